The molecule has 1 heterocycles. The van der Waals surface area contributed by atoms with E-state index in [1.807, 2.05) is 17.7 Å². The van der Waals surface area contributed by atoms with Gasteiger partial charge in [-0.2, -0.15) is 5.10 Å². The molecule has 3 nitrogen and oxygen atoms in total. The average Bonchev–Trinajstić information content (AvgIpc) is 2.75. The highest BCUT2D eigenvalue weighted by Crippen LogP contribution is 2.21. The lowest BCUT2D eigenvalue weighted by Gasteiger charge is -2.07. The SMILES string of the molecule is CCn1nc(C)c(Br)c1COCCCc1ccccc1. The van der Waals surface area contributed by atoms with E-state index in [-0.39, 0.29) is 0 Å². The van der Waals surface area contributed by atoms with Gasteiger partial charge in [0.25, 0.3) is 0 Å². The van der Waals surface area contributed by atoms with Crippen LogP contribution in [0.3, 0.4) is 0 Å². The highest BCUT2D eigenvalue weighted by atomic mass is 79.9. The molecule has 0 fully saturated rings. The van der Waals surface area contributed by atoms with Crippen molar-refractivity contribution in [2.45, 2.75) is 39.8 Å². The Morgan fingerprint density at radius 1 is 1.25 bits per heavy atom. The molecule has 108 valence electrons. The van der Waals surface area contributed by atoms with E-state index in [9.17, 15) is 0 Å². The third-order valence-corrected chi connectivity index (χ3v) is 4.32. The summed E-state index contributed by atoms with van der Waals surface area (Å²) in [5, 5.41) is 4.46. The molecule has 1 aromatic carbocycles. The third kappa shape index (κ3) is 3.93. The molecule has 0 N–H and O–H groups in total. The van der Waals surface area contributed by atoms with Gasteiger partial charge in [0.05, 0.1) is 22.5 Å². The average molecular weight is 337 g/mol. The van der Waals surface area contributed by atoms with E-state index in [4.69, 9.17) is 4.74 Å². The fraction of sp³-hybridized carbons (Fsp3) is 0.438. The Kier molecular flexibility index (Phi) is 5.80. The molecular weight excluding hydrogens is 316 g/mol. The second-order valence-corrected chi connectivity index (χ2v) is 5.60. The Balaban J connectivity index is 1.76. The molecule has 4 heteroatoms. The molecule has 0 radical (unpaired) electrons. The lowest BCUT2D eigenvalue weighted by atomic mass is 10.1. The van der Waals surface area contributed by atoms with Gasteiger partial charge in [0.15, 0.2) is 0 Å². The number of nitrogens with zero attached hydrogens (tertiary/aromatic N) is 2. The van der Waals surface area contributed by atoms with Crippen LogP contribution < -0.4 is 0 Å². The van der Waals surface area contributed by atoms with Crippen LogP contribution in [-0.2, 0) is 24.3 Å². The molecule has 0 spiro atoms. The minimum absolute atomic E-state index is 0.615. The number of aromatic nitrogens is 2. The van der Waals surface area contributed by atoms with Crippen molar-refractivity contribution in [2.75, 3.05) is 6.61 Å². The van der Waals surface area contributed by atoms with E-state index in [1.54, 1.807) is 0 Å². The van der Waals surface area contributed by atoms with Crippen LogP contribution in [0.15, 0.2) is 34.8 Å². The van der Waals surface area contributed by atoms with Gasteiger partial charge < -0.3 is 4.74 Å². The van der Waals surface area contributed by atoms with Crippen LogP contribution in [0.4, 0.5) is 0 Å². The van der Waals surface area contributed by atoms with Crippen LogP contribution in [0.1, 0.15) is 30.3 Å². The first-order chi connectivity index (χ1) is 9.72. The fourth-order valence-corrected chi connectivity index (χ4v) is 2.60. The fourth-order valence-electron chi connectivity index (χ4n) is 2.20. The van der Waals surface area contributed by atoms with Crippen molar-refractivity contribution in [1.82, 2.24) is 9.78 Å². The molecule has 0 amide bonds. The van der Waals surface area contributed by atoms with E-state index >= 15 is 0 Å². The Morgan fingerprint density at radius 3 is 2.70 bits per heavy atom. The summed E-state index contributed by atoms with van der Waals surface area (Å²) in [7, 11) is 0. The molecule has 0 bridgehead atoms. The van der Waals surface area contributed by atoms with Crippen LogP contribution in [0.25, 0.3) is 0 Å². The third-order valence-electron chi connectivity index (χ3n) is 3.29. The maximum atomic E-state index is 5.79. The standard InChI is InChI=1S/C16H21BrN2O/c1-3-19-15(16(17)13(2)18-19)12-20-11-7-10-14-8-5-4-6-9-14/h4-6,8-9H,3,7,10-12H2,1-2H3. The molecule has 0 aliphatic carbocycles. The maximum absolute atomic E-state index is 5.79. The molecule has 0 aliphatic rings. The number of hydrogen-bond acceptors (Lipinski definition) is 2. The first kappa shape index (κ1) is 15.3. The van der Waals surface area contributed by atoms with Crippen LogP contribution in [0, 0.1) is 6.92 Å². The zero-order valence-electron chi connectivity index (χ0n) is 12.1. The van der Waals surface area contributed by atoms with Gasteiger partial charge in [-0.1, -0.05) is 30.3 Å². The summed E-state index contributed by atoms with van der Waals surface area (Å²) in [5.74, 6) is 0. The largest absolute Gasteiger partial charge is 0.375 e. The zero-order valence-corrected chi connectivity index (χ0v) is 13.7. The second kappa shape index (κ2) is 7.60. The van der Waals surface area contributed by atoms with E-state index < -0.39 is 0 Å². The van der Waals surface area contributed by atoms with Crippen LogP contribution in [0.5, 0.6) is 0 Å². The monoisotopic (exact) mass is 336 g/mol. The molecule has 0 atom stereocenters. The van der Waals surface area contributed by atoms with Crippen molar-refractivity contribution >= 4 is 15.9 Å². The minimum atomic E-state index is 0.615. The Bertz CT molecular complexity index is 537. The van der Waals surface area contributed by atoms with Crippen molar-refractivity contribution in [2.24, 2.45) is 0 Å². The molecule has 2 rings (SSSR count). The quantitative estimate of drug-likeness (QED) is 0.711. The van der Waals surface area contributed by atoms with Crippen molar-refractivity contribution in [3.8, 4) is 0 Å². The predicted octanol–water partition coefficient (Wildman–Crippen LogP) is 4.12. The van der Waals surface area contributed by atoms with E-state index in [0.29, 0.717) is 6.61 Å². The minimum Gasteiger partial charge on any atom is -0.375 e. The first-order valence-electron chi connectivity index (χ1n) is 7.05. The van der Waals surface area contributed by atoms with Crippen molar-refractivity contribution in [1.29, 1.82) is 0 Å². The Labute approximate surface area is 129 Å². The molecular formula is C16H21BrN2O. The van der Waals surface area contributed by atoms with Gasteiger partial charge in [0, 0.05) is 13.2 Å². The lowest BCUT2D eigenvalue weighted by molar-refractivity contribution is 0.112. The van der Waals surface area contributed by atoms with Crippen LogP contribution in [-0.4, -0.2) is 16.4 Å². The maximum Gasteiger partial charge on any atom is 0.0896 e. The van der Waals surface area contributed by atoms with Gasteiger partial charge in [-0.05, 0) is 48.2 Å². The summed E-state index contributed by atoms with van der Waals surface area (Å²) in [6.07, 6.45) is 2.11. The molecule has 2 aromatic rings. The molecule has 0 aliphatic heterocycles. The highest BCUT2D eigenvalue weighted by molar-refractivity contribution is 9.10. The zero-order chi connectivity index (χ0) is 14.4. The molecule has 1 aromatic heterocycles. The summed E-state index contributed by atoms with van der Waals surface area (Å²) in [6, 6.07) is 10.5. The first-order valence-corrected chi connectivity index (χ1v) is 7.85. The molecule has 0 saturated heterocycles. The van der Waals surface area contributed by atoms with Crippen molar-refractivity contribution in [3.63, 3.8) is 0 Å². The summed E-state index contributed by atoms with van der Waals surface area (Å²) >= 11 is 3.58. The highest BCUT2D eigenvalue weighted by Gasteiger charge is 2.11. The van der Waals surface area contributed by atoms with E-state index in [1.165, 1.54) is 5.56 Å². The summed E-state index contributed by atoms with van der Waals surface area (Å²) in [6.45, 7) is 6.36. The van der Waals surface area contributed by atoms with Gasteiger partial charge in [0.1, 0.15) is 0 Å². The van der Waals surface area contributed by atoms with Crippen molar-refractivity contribution in [3.05, 3.63) is 51.8 Å². The van der Waals surface area contributed by atoms with Gasteiger partial charge in [-0.25, -0.2) is 0 Å². The van der Waals surface area contributed by atoms with Gasteiger partial charge in [-0.3, -0.25) is 4.68 Å². The summed E-state index contributed by atoms with van der Waals surface area (Å²) in [4.78, 5) is 0. The molecule has 0 unspecified atom stereocenters. The van der Waals surface area contributed by atoms with Crippen LogP contribution >= 0.6 is 15.9 Å². The summed E-state index contributed by atoms with van der Waals surface area (Å²) in [5.41, 5.74) is 3.52. The normalized spacial score (nSPS) is 10.9. The van der Waals surface area contributed by atoms with Gasteiger partial charge in [0.2, 0.25) is 0 Å². The number of hydrogen-bond donors (Lipinski definition) is 0. The number of ether oxygens (including phenoxy) is 1. The van der Waals surface area contributed by atoms with Crippen LogP contribution in [0.2, 0.25) is 0 Å². The number of halogens is 1. The number of aryl methyl sites for hydroxylation is 3. The van der Waals surface area contributed by atoms with Gasteiger partial charge in [-0.15, -0.1) is 0 Å². The second-order valence-electron chi connectivity index (χ2n) is 4.80. The molecule has 0 saturated carbocycles. The summed E-state index contributed by atoms with van der Waals surface area (Å²) < 4.78 is 8.86. The van der Waals surface area contributed by atoms with Gasteiger partial charge >= 0.3 is 0 Å². The van der Waals surface area contributed by atoms with E-state index in [2.05, 4.69) is 52.2 Å². The van der Waals surface area contributed by atoms with Crippen molar-refractivity contribution < 1.29 is 4.74 Å². The number of benzene rings is 1. The van der Waals surface area contributed by atoms with E-state index in [0.717, 1.165) is 41.9 Å². The topological polar surface area (TPSA) is 27.1 Å². The smallest absolute Gasteiger partial charge is 0.0896 e. The number of rotatable bonds is 7. The Hall–Kier alpha value is -1.13. The predicted molar refractivity (Wildman–Crippen MR) is 84.8 cm³/mol. The Morgan fingerprint density at radius 2 is 2.00 bits per heavy atom. The molecule has 20 heavy (non-hydrogen) atoms. The lowest BCUT2D eigenvalue weighted by Crippen LogP contribution is -2.06.